The lowest BCUT2D eigenvalue weighted by Crippen LogP contribution is -2.33. The highest BCUT2D eigenvalue weighted by Gasteiger charge is 2.18. The summed E-state index contributed by atoms with van der Waals surface area (Å²) in [5.41, 5.74) is 0.718. The van der Waals surface area contributed by atoms with Gasteiger partial charge in [0.15, 0.2) is 11.5 Å². The summed E-state index contributed by atoms with van der Waals surface area (Å²) in [6.07, 6.45) is 1.21. The molecule has 0 fully saturated rings. The summed E-state index contributed by atoms with van der Waals surface area (Å²) in [5.74, 6) is 1.28. The molecule has 130 valence electrons. The molecule has 0 aliphatic rings. The third-order valence-electron chi connectivity index (χ3n) is 3.25. The van der Waals surface area contributed by atoms with Gasteiger partial charge in [0.05, 0.1) is 20.6 Å². The fraction of sp³-hybridized carbons (Fsp3) is 0.611. The van der Waals surface area contributed by atoms with Gasteiger partial charge in [0.1, 0.15) is 5.60 Å². The number of carbonyl (C=O) groups excluding carboxylic acids is 1. The number of rotatable bonds is 8. The summed E-state index contributed by atoms with van der Waals surface area (Å²) in [5, 5.41) is 3.34. The lowest BCUT2D eigenvalue weighted by Gasteiger charge is -2.21. The number of hydrogen-bond donors (Lipinski definition) is 1. The smallest absolute Gasteiger partial charge is 0.307 e. The summed E-state index contributed by atoms with van der Waals surface area (Å²) < 4.78 is 15.8. The number of ether oxygens (including phenoxy) is 3. The summed E-state index contributed by atoms with van der Waals surface area (Å²) in [6.45, 7) is 8.39. The van der Waals surface area contributed by atoms with Crippen molar-refractivity contribution in [3.05, 3.63) is 23.8 Å². The molecule has 0 saturated heterocycles. The molecule has 1 unspecified atom stereocenters. The van der Waals surface area contributed by atoms with Gasteiger partial charge in [-0.2, -0.15) is 0 Å². The highest BCUT2D eigenvalue weighted by Crippen LogP contribution is 2.27. The van der Waals surface area contributed by atoms with Crippen LogP contribution in [0.4, 0.5) is 0 Å². The highest BCUT2D eigenvalue weighted by molar-refractivity contribution is 5.70. The van der Waals surface area contributed by atoms with Crippen LogP contribution in [0.3, 0.4) is 0 Å². The van der Waals surface area contributed by atoms with Crippen molar-refractivity contribution in [2.75, 3.05) is 20.8 Å². The van der Waals surface area contributed by atoms with Crippen LogP contribution in [0.15, 0.2) is 18.2 Å². The normalized spacial score (nSPS) is 12.6. The van der Waals surface area contributed by atoms with Gasteiger partial charge in [0, 0.05) is 6.04 Å². The first-order valence-corrected chi connectivity index (χ1v) is 7.91. The number of methoxy groups -OCH3 is 2. The molecule has 1 N–H and O–H groups in total. The SMILES string of the molecule is COc1ccc(CCNC(C)CC(=O)OC(C)(C)C)cc1OC. The van der Waals surface area contributed by atoms with Crippen LogP contribution in [0.25, 0.3) is 0 Å². The zero-order valence-electron chi connectivity index (χ0n) is 15.1. The topological polar surface area (TPSA) is 56.8 Å². The zero-order valence-corrected chi connectivity index (χ0v) is 15.1. The predicted molar refractivity (Wildman–Crippen MR) is 91.2 cm³/mol. The van der Waals surface area contributed by atoms with E-state index in [2.05, 4.69) is 5.32 Å². The molecule has 1 aromatic carbocycles. The van der Waals surface area contributed by atoms with E-state index in [0.717, 1.165) is 30.0 Å². The van der Waals surface area contributed by atoms with Crippen molar-refractivity contribution < 1.29 is 19.0 Å². The lowest BCUT2D eigenvalue weighted by atomic mass is 10.1. The molecule has 0 aliphatic carbocycles. The second-order valence-corrected chi connectivity index (χ2v) is 6.59. The molecule has 0 radical (unpaired) electrons. The van der Waals surface area contributed by atoms with E-state index in [0.29, 0.717) is 6.42 Å². The van der Waals surface area contributed by atoms with Gasteiger partial charge in [-0.25, -0.2) is 0 Å². The molecule has 0 heterocycles. The van der Waals surface area contributed by atoms with Crippen LogP contribution >= 0.6 is 0 Å². The number of benzene rings is 1. The fourth-order valence-electron chi connectivity index (χ4n) is 2.20. The van der Waals surface area contributed by atoms with Crippen molar-refractivity contribution in [2.24, 2.45) is 0 Å². The fourth-order valence-corrected chi connectivity index (χ4v) is 2.20. The Labute approximate surface area is 139 Å². The summed E-state index contributed by atoms with van der Waals surface area (Å²) in [6, 6.07) is 5.96. The van der Waals surface area contributed by atoms with E-state index < -0.39 is 5.60 Å². The summed E-state index contributed by atoms with van der Waals surface area (Å²) in [7, 11) is 3.25. The quantitative estimate of drug-likeness (QED) is 0.745. The third-order valence-corrected chi connectivity index (χ3v) is 3.25. The first-order valence-electron chi connectivity index (χ1n) is 7.91. The average Bonchev–Trinajstić information content (AvgIpc) is 2.44. The van der Waals surface area contributed by atoms with Crippen molar-refractivity contribution >= 4 is 5.97 Å². The van der Waals surface area contributed by atoms with E-state index in [4.69, 9.17) is 14.2 Å². The molecule has 0 amide bonds. The van der Waals surface area contributed by atoms with E-state index in [-0.39, 0.29) is 12.0 Å². The average molecular weight is 323 g/mol. The molecule has 0 bridgehead atoms. The Hall–Kier alpha value is -1.75. The molecule has 1 aromatic rings. The van der Waals surface area contributed by atoms with Crippen LogP contribution in [0.1, 0.15) is 39.7 Å². The Bertz CT molecular complexity index is 508. The van der Waals surface area contributed by atoms with Crippen molar-refractivity contribution in [3.63, 3.8) is 0 Å². The lowest BCUT2D eigenvalue weighted by molar-refractivity contribution is -0.155. The molecule has 0 aromatic heterocycles. The Morgan fingerprint density at radius 3 is 2.39 bits per heavy atom. The molecule has 0 saturated carbocycles. The number of carbonyl (C=O) groups is 1. The highest BCUT2D eigenvalue weighted by atomic mass is 16.6. The van der Waals surface area contributed by atoms with E-state index in [9.17, 15) is 4.79 Å². The third kappa shape index (κ3) is 7.37. The Kier molecular flexibility index (Phi) is 7.36. The molecule has 5 nitrogen and oxygen atoms in total. The van der Waals surface area contributed by atoms with Gasteiger partial charge in [-0.05, 0) is 58.4 Å². The molecular weight excluding hydrogens is 294 g/mol. The maximum absolute atomic E-state index is 11.8. The largest absolute Gasteiger partial charge is 0.493 e. The zero-order chi connectivity index (χ0) is 17.5. The Balaban J connectivity index is 2.40. The molecule has 0 aliphatic heterocycles. The minimum absolute atomic E-state index is 0.0741. The monoisotopic (exact) mass is 323 g/mol. The second kappa shape index (κ2) is 8.77. The Morgan fingerprint density at radius 1 is 1.17 bits per heavy atom. The minimum atomic E-state index is -0.434. The molecule has 23 heavy (non-hydrogen) atoms. The standard InChI is InChI=1S/C18H29NO4/c1-13(11-17(20)23-18(2,3)4)19-10-9-14-7-8-15(21-5)16(12-14)22-6/h7-8,12-13,19H,9-11H2,1-6H3. The van der Waals surface area contributed by atoms with E-state index in [1.807, 2.05) is 45.9 Å². The molecule has 1 atom stereocenters. The van der Waals surface area contributed by atoms with Crippen molar-refractivity contribution in [2.45, 2.75) is 52.2 Å². The predicted octanol–water partition coefficient (Wildman–Crippen LogP) is 2.96. The van der Waals surface area contributed by atoms with Gasteiger partial charge in [-0.1, -0.05) is 6.07 Å². The summed E-state index contributed by atoms with van der Waals surface area (Å²) in [4.78, 5) is 11.8. The van der Waals surface area contributed by atoms with Gasteiger partial charge in [-0.3, -0.25) is 4.79 Å². The maximum Gasteiger partial charge on any atom is 0.307 e. The van der Waals surface area contributed by atoms with Crippen LogP contribution in [0, 0.1) is 0 Å². The van der Waals surface area contributed by atoms with Crippen LogP contribution in [-0.2, 0) is 16.0 Å². The van der Waals surface area contributed by atoms with Crippen molar-refractivity contribution in [1.29, 1.82) is 0 Å². The van der Waals surface area contributed by atoms with Crippen molar-refractivity contribution in [1.82, 2.24) is 5.32 Å². The van der Waals surface area contributed by atoms with Gasteiger partial charge in [0.2, 0.25) is 0 Å². The van der Waals surface area contributed by atoms with E-state index in [1.54, 1.807) is 14.2 Å². The molecule has 1 rings (SSSR count). The second-order valence-electron chi connectivity index (χ2n) is 6.59. The van der Waals surface area contributed by atoms with Crippen LogP contribution in [0.2, 0.25) is 0 Å². The van der Waals surface area contributed by atoms with Crippen LogP contribution in [0.5, 0.6) is 11.5 Å². The number of hydrogen-bond acceptors (Lipinski definition) is 5. The number of esters is 1. The Morgan fingerprint density at radius 2 is 1.83 bits per heavy atom. The molecule has 5 heteroatoms. The number of nitrogens with one attached hydrogen (secondary N) is 1. The minimum Gasteiger partial charge on any atom is -0.493 e. The molecule has 0 spiro atoms. The van der Waals surface area contributed by atoms with Gasteiger partial charge >= 0.3 is 5.97 Å². The first-order chi connectivity index (χ1) is 10.7. The van der Waals surface area contributed by atoms with Crippen LogP contribution < -0.4 is 14.8 Å². The van der Waals surface area contributed by atoms with Gasteiger partial charge in [0.25, 0.3) is 0 Å². The van der Waals surface area contributed by atoms with Gasteiger partial charge in [-0.15, -0.1) is 0 Å². The van der Waals surface area contributed by atoms with E-state index in [1.165, 1.54) is 0 Å². The maximum atomic E-state index is 11.8. The summed E-state index contributed by atoms with van der Waals surface area (Å²) >= 11 is 0. The van der Waals surface area contributed by atoms with Crippen molar-refractivity contribution in [3.8, 4) is 11.5 Å². The van der Waals surface area contributed by atoms with Crippen LogP contribution in [-0.4, -0.2) is 38.4 Å². The van der Waals surface area contributed by atoms with E-state index >= 15 is 0 Å². The molecular formula is C18H29NO4. The first kappa shape index (κ1) is 19.3. The van der Waals surface area contributed by atoms with Gasteiger partial charge < -0.3 is 19.5 Å².